The first-order valence-corrected chi connectivity index (χ1v) is 10.5. The van der Waals surface area contributed by atoms with Gasteiger partial charge in [0.05, 0.1) is 29.2 Å². The summed E-state index contributed by atoms with van der Waals surface area (Å²) >= 11 is 5.57. The summed E-state index contributed by atoms with van der Waals surface area (Å²) in [6.07, 6.45) is -4.49. The lowest BCUT2D eigenvalue weighted by Gasteiger charge is -2.26. The van der Waals surface area contributed by atoms with E-state index in [0.717, 1.165) is 17.8 Å². The second kappa shape index (κ2) is 6.20. The van der Waals surface area contributed by atoms with Gasteiger partial charge in [0.25, 0.3) is 0 Å². The molecule has 2 aliphatic rings. The minimum Gasteiger partial charge on any atom is -0.312 e. The Morgan fingerprint density at radius 3 is 2.04 bits per heavy atom. The quantitative estimate of drug-likeness (QED) is 0.707. The van der Waals surface area contributed by atoms with E-state index in [9.17, 15) is 21.6 Å². The number of halogens is 3. The zero-order valence-electron chi connectivity index (χ0n) is 13.9. The molecule has 2 atom stereocenters. The van der Waals surface area contributed by atoms with E-state index < -0.39 is 33.7 Å². The van der Waals surface area contributed by atoms with E-state index in [-0.39, 0.29) is 17.2 Å². The number of para-hydroxylation sites is 1. The fraction of sp³-hybridized carbons (Fsp3) is 0.278. The highest BCUT2D eigenvalue weighted by Gasteiger charge is 2.52. The molecule has 27 heavy (non-hydrogen) atoms. The maximum Gasteiger partial charge on any atom is 0.416 e. The predicted octanol–water partition coefficient (Wildman–Crippen LogP) is 3.48. The molecule has 0 N–H and O–H groups in total. The molecule has 2 heterocycles. The molecular weight excluding hydrogens is 397 g/mol. The summed E-state index contributed by atoms with van der Waals surface area (Å²) in [5.74, 6) is -0.223. The monoisotopic (exact) mass is 412 g/mol. The first kappa shape index (κ1) is 18.2. The van der Waals surface area contributed by atoms with Crippen molar-refractivity contribution in [2.24, 2.45) is 0 Å². The zero-order chi connectivity index (χ0) is 19.4. The Bertz CT molecular complexity index is 993. The van der Waals surface area contributed by atoms with E-state index in [1.807, 2.05) is 30.3 Å². The van der Waals surface area contributed by atoms with Crippen LogP contribution in [0.15, 0.2) is 54.6 Å². The van der Waals surface area contributed by atoms with Crippen LogP contribution in [0.5, 0.6) is 0 Å². The van der Waals surface area contributed by atoms with Crippen molar-refractivity contribution in [3.63, 3.8) is 0 Å². The van der Waals surface area contributed by atoms with E-state index in [2.05, 4.69) is 0 Å². The van der Waals surface area contributed by atoms with Crippen LogP contribution < -0.4 is 9.80 Å². The average Bonchev–Trinajstić information content (AvgIpc) is 3.03. The number of alkyl halides is 3. The summed E-state index contributed by atoms with van der Waals surface area (Å²) in [5.41, 5.74) is 0.183. The summed E-state index contributed by atoms with van der Waals surface area (Å²) < 4.78 is 63.9. The molecule has 2 fully saturated rings. The zero-order valence-corrected chi connectivity index (χ0v) is 15.6. The number of thiocarbonyl (C=S) groups is 1. The fourth-order valence-corrected chi connectivity index (χ4v) is 6.13. The number of anilines is 2. The largest absolute Gasteiger partial charge is 0.416 e. The van der Waals surface area contributed by atoms with Gasteiger partial charge in [-0.1, -0.05) is 24.3 Å². The van der Waals surface area contributed by atoms with Gasteiger partial charge in [-0.25, -0.2) is 8.42 Å². The lowest BCUT2D eigenvalue weighted by atomic mass is 10.1. The molecular formula is C18H15F3N2O2S2. The molecule has 2 saturated heterocycles. The van der Waals surface area contributed by atoms with E-state index in [0.29, 0.717) is 5.11 Å². The number of hydrogen-bond acceptors (Lipinski definition) is 3. The Morgan fingerprint density at radius 1 is 0.889 bits per heavy atom. The molecule has 0 saturated carbocycles. The third-order valence-corrected chi connectivity index (χ3v) is 6.95. The molecule has 2 aliphatic heterocycles. The van der Waals surface area contributed by atoms with Gasteiger partial charge in [0.2, 0.25) is 0 Å². The molecule has 2 aromatic rings. The topological polar surface area (TPSA) is 40.6 Å². The minimum absolute atomic E-state index is 0.0812. The summed E-state index contributed by atoms with van der Waals surface area (Å²) in [5, 5.41) is 0.311. The second-order valence-corrected chi connectivity index (χ2v) is 9.14. The van der Waals surface area contributed by atoms with Crippen molar-refractivity contribution in [3.8, 4) is 0 Å². The van der Waals surface area contributed by atoms with Crippen LogP contribution in [0.3, 0.4) is 0 Å². The molecule has 9 heteroatoms. The first-order valence-electron chi connectivity index (χ1n) is 8.22. The molecule has 0 radical (unpaired) electrons. The van der Waals surface area contributed by atoms with Crippen molar-refractivity contribution in [1.82, 2.24) is 0 Å². The summed E-state index contributed by atoms with van der Waals surface area (Å²) in [7, 11) is -3.31. The molecule has 4 nitrogen and oxygen atoms in total. The smallest absolute Gasteiger partial charge is 0.312 e. The number of nitrogens with zero attached hydrogens (tertiary/aromatic N) is 2. The second-order valence-electron chi connectivity index (χ2n) is 6.62. The molecule has 0 spiro atoms. The van der Waals surface area contributed by atoms with E-state index in [1.54, 1.807) is 9.80 Å². The molecule has 0 aromatic heterocycles. The molecule has 0 bridgehead atoms. The highest BCUT2D eigenvalue weighted by Crippen LogP contribution is 2.39. The number of benzene rings is 2. The van der Waals surface area contributed by atoms with Crippen molar-refractivity contribution >= 4 is 38.5 Å². The Balaban J connectivity index is 1.80. The van der Waals surface area contributed by atoms with Gasteiger partial charge in [0.15, 0.2) is 14.9 Å². The van der Waals surface area contributed by atoms with Crippen molar-refractivity contribution in [1.29, 1.82) is 0 Å². The van der Waals surface area contributed by atoms with Gasteiger partial charge in [-0.3, -0.25) is 0 Å². The van der Waals surface area contributed by atoms with E-state index >= 15 is 0 Å². The van der Waals surface area contributed by atoms with Crippen molar-refractivity contribution in [2.45, 2.75) is 18.3 Å². The Kier molecular flexibility index (Phi) is 4.19. The number of sulfone groups is 1. The van der Waals surface area contributed by atoms with Gasteiger partial charge < -0.3 is 9.80 Å². The number of fused-ring (bicyclic) bond motifs is 1. The van der Waals surface area contributed by atoms with Crippen LogP contribution >= 0.6 is 12.2 Å². The van der Waals surface area contributed by atoms with Gasteiger partial charge in [-0.15, -0.1) is 0 Å². The number of rotatable bonds is 2. The SMILES string of the molecule is O=S1(=O)C[C@@H]2[C@H](C1)N(c1ccccc1)C(=S)N2c1cccc(C(F)(F)F)c1. The van der Waals surface area contributed by atoms with Crippen LogP contribution in [0.2, 0.25) is 0 Å². The van der Waals surface area contributed by atoms with Crippen LogP contribution in [-0.2, 0) is 16.0 Å². The molecule has 2 aromatic carbocycles. The van der Waals surface area contributed by atoms with Gasteiger partial charge >= 0.3 is 6.18 Å². The third-order valence-electron chi connectivity index (χ3n) is 4.86. The predicted molar refractivity (Wildman–Crippen MR) is 102 cm³/mol. The van der Waals surface area contributed by atoms with Gasteiger partial charge in [0, 0.05) is 11.4 Å². The standard InChI is InChI=1S/C18H15F3N2O2S2/c19-18(20,21)12-5-4-8-14(9-12)23-16-11-27(24,25)10-15(16)22(17(23)26)13-6-2-1-3-7-13/h1-9,15-16H,10-11H2/t15-,16+/m0/s1. The molecule has 0 aliphatic carbocycles. The van der Waals surface area contributed by atoms with Crippen LogP contribution in [0.4, 0.5) is 24.5 Å². The van der Waals surface area contributed by atoms with Gasteiger partial charge in [-0.2, -0.15) is 13.2 Å². The maximum absolute atomic E-state index is 13.1. The summed E-state index contributed by atoms with van der Waals surface area (Å²) in [6.45, 7) is 0. The van der Waals surface area contributed by atoms with Gasteiger partial charge in [-0.05, 0) is 42.5 Å². The highest BCUT2D eigenvalue weighted by molar-refractivity contribution is 7.91. The lowest BCUT2D eigenvalue weighted by Crippen LogP contribution is -2.37. The maximum atomic E-state index is 13.1. The Labute approximate surface area is 160 Å². The first-order chi connectivity index (χ1) is 12.7. The van der Waals surface area contributed by atoms with Crippen LogP contribution in [0, 0.1) is 0 Å². The van der Waals surface area contributed by atoms with E-state index in [4.69, 9.17) is 12.2 Å². The average molecular weight is 412 g/mol. The van der Waals surface area contributed by atoms with Crippen LogP contribution in [0.1, 0.15) is 5.56 Å². The Morgan fingerprint density at radius 2 is 1.44 bits per heavy atom. The third kappa shape index (κ3) is 3.19. The van der Waals surface area contributed by atoms with Crippen molar-refractivity contribution < 1.29 is 21.6 Å². The lowest BCUT2D eigenvalue weighted by molar-refractivity contribution is -0.137. The van der Waals surface area contributed by atoms with Gasteiger partial charge in [0.1, 0.15) is 0 Å². The minimum atomic E-state index is -4.49. The molecule has 4 rings (SSSR count). The molecule has 0 unspecified atom stereocenters. The summed E-state index contributed by atoms with van der Waals surface area (Å²) in [6, 6.07) is 13.0. The van der Waals surface area contributed by atoms with Crippen molar-refractivity contribution in [3.05, 3.63) is 60.2 Å². The normalized spacial score (nSPS) is 24.3. The number of hydrogen-bond donors (Lipinski definition) is 0. The summed E-state index contributed by atoms with van der Waals surface area (Å²) in [4.78, 5) is 3.29. The van der Waals surface area contributed by atoms with Crippen LogP contribution in [0.25, 0.3) is 0 Å². The molecule has 142 valence electrons. The Hall–Kier alpha value is -2.13. The fourth-order valence-electron chi connectivity index (χ4n) is 3.73. The molecule has 0 amide bonds. The van der Waals surface area contributed by atoms with Crippen molar-refractivity contribution in [2.75, 3.05) is 21.3 Å². The van der Waals surface area contributed by atoms with Crippen LogP contribution in [-0.4, -0.2) is 37.1 Å². The van der Waals surface area contributed by atoms with E-state index in [1.165, 1.54) is 12.1 Å². The highest BCUT2D eigenvalue weighted by atomic mass is 32.2.